The van der Waals surface area contributed by atoms with Crippen LogP contribution in [0.3, 0.4) is 0 Å². The van der Waals surface area contributed by atoms with Crippen molar-refractivity contribution in [1.82, 2.24) is 10.2 Å². The summed E-state index contributed by atoms with van der Waals surface area (Å²) in [6.45, 7) is 5.83. The SMILES string of the molecule is CCN(C(=O)c1cccc(C(=O)NCCN(C)C)c1)c1cccc(C)c1. The minimum atomic E-state index is -0.167. The smallest absolute Gasteiger partial charge is 0.258 e. The molecule has 0 aliphatic rings. The summed E-state index contributed by atoms with van der Waals surface area (Å²) in [6, 6.07) is 14.7. The predicted molar refractivity (Wildman–Crippen MR) is 106 cm³/mol. The first kappa shape index (κ1) is 19.7. The van der Waals surface area contributed by atoms with E-state index in [-0.39, 0.29) is 11.8 Å². The molecule has 0 fully saturated rings. The molecule has 0 unspecified atom stereocenters. The number of hydrogen-bond acceptors (Lipinski definition) is 3. The van der Waals surface area contributed by atoms with Crippen LogP contribution < -0.4 is 10.2 Å². The van der Waals surface area contributed by atoms with E-state index in [0.29, 0.717) is 24.2 Å². The maximum atomic E-state index is 13.0. The van der Waals surface area contributed by atoms with E-state index in [1.54, 1.807) is 29.2 Å². The Morgan fingerprint density at radius 1 is 1.00 bits per heavy atom. The monoisotopic (exact) mass is 353 g/mol. The first-order valence-electron chi connectivity index (χ1n) is 8.84. The summed E-state index contributed by atoms with van der Waals surface area (Å²) in [7, 11) is 3.91. The van der Waals surface area contributed by atoms with Crippen molar-refractivity contribution in [2.75, 3.05) is 38.6 Å². The standard InChI is InChI=1S/C21H27N3O2/c1-5-24(19-11-6-8-16(2)14-19)21(26)18-10-7-9-17(15-18)20(25)22-12-13-23(3)4/h6-11,14-15H,5,12-13H2,1-4H3,(H,22,25). The molecule has 0 aromatic heterocycles. The minimum absolute atomic E-state index is 0.110. The second-order valence-corrected chi connectivity index (χ2v) is 6.53. The van der Waals surface area contributed by atoms with Crippen LogP contribution in [0.5, 0.6) is 0 Å². The number of likely N-dealkylation sites (N-methyl/N-ethyl adjacent to an activating group) is 1. The fraction of sp³-hybridized carbons (Fsp3) is 0.333. The zero-order valence-electron chi connectivity index (χ0n) is 16.0. The molecule has 5 heteroatoms. The van der Waals surface area contributed by atoms with Gasteiger partial charge in [-0.25, -0.2) is 0 Å². The van der Waals surface area contributed by atoms with Gasteiger partial charge in [0.15, 0.2) is 0 Å². The first-order valence-corrected chi connectivity index (χ1v) is 8.84. The second-order valence-electron chi connectivity index (χ2n) is 6.53. The molecule has 0 heterocycles. The largest absolute Gasteiger partial charge is 0.351 e. The van der Waals surface area contributed by atoms with E-state index in [0.717, 1.165) is 17.8 Å². The molecule has 26 heavy (non-hydrogen) atoms. The highest BCUT2D eigenvalue weighted by Crippen LogP contribution is 2.19. The summed E-state index contributed by atoms with van der Waals surface area (Å²) in [6.07, 6.45) is 0. The Hall–Kier alpha value is -2.66. The maximum absolute atomic E-state index is 13.0. The lowest BCUT2D eigenvalue weighted by atomic mass is 10.1. The number of amides is 2. The van der Waals surface area contributed by atoms with Crippen LogP contribution in [0.4, 0.5) is 5.69 Å². The van der Waals surface area contributed by atoms with E-state index in [2.05, 4.69) is 5.32 Å². The Morgan fingerprint density at radius 3 is 2.35 bits per heavy atom. The zero-order chi connectivity index (χ0) is 19.1. The molecule has 0 aliphatic heterocycles. The third-order valence-corrected chi connectivity index (χ3v) is 4.09. The number of carbonyl (C=O) groups excluding carboxylic acids is 2. The van der Waals surface area contributed by atoms with Gasteiger partial charge in [0, 0.05) is 36.4 Å². The van der Waals surface area contributed by atoms with Crippen LogP contribution in [-0.4, -0.2) is 50.4 Å². The van der Waals surface area contributed by atoms with Gasteiger partial charge in [0.1, 0.15) is 0 Å². The highest BCUT2D eigenvalue weighted by atomic mass is 16.2. The molecule has 0 atom stereocenters. The van der Waals surface area contributed by atoms with Gasteiger partial charge in [0.25, 0.3) is 11.8 Å². The molecule has 0 spiro atoms. The molecule has 1 N–H and O–H groups in total. The van der Waals surface area contributed by atoms with Crippen molar-refractivity contribution < 1.29 is 9.59 Å². The van der Waals surface area contributed by atoms with Crippen LogP contribution in [0.25, 0.3) is 0 Å². The van der Waals surface area contributed by atoms with Gasteiger partial charge in [-0.05, 0) is 63.8 Å². The van der Waals surface area contributed by atoms with Crippen LogP contribution in [-0.2, 0) is 0 Å². The Balaban J connectivity index is 2.17. The molecule has 5 nitrogen and oxygen atoms in total. The van der Waals surface area contributed by atoms with Gasteiger partial charge in [0.2, 0.25) is 0 Å². The molecule has 2 amide bonds. The van der Waals surface area contributed by atoms with Crippen LogP contribution in [0, 0.1) is 6.92 Å². The van der Waals surface area contributed by atoms with E-state index in [4.69, 9.17) is 0 Å². The van der Waals surface area contributed by atoms with Gasteiger partial charge in [0.05, 0.1) is 0 Å². The molecule has 2 aromatic rings. The van der Waals surface area contributed by atoms with Gasteiger partial charge in [-0.2, -0.15) is 0 Å². The van der Waals surface area contributed by atoms with Crippen molar-refractivity contribution in [3.63, 3.8) is 0 Å². The molecule has 0 bridgehead atoms. The Bertz CT molecular complexity index is 771. The lowest BCUT2D eigenvalue weighted by Gasteiger charge is -2.22. The Morgan fingerprint density at radius 2 is 1.69 bits per heavy atom. The number of anilines is 1. The van der Waals surface area contributed by atoms with E-state index >= 15 is 0 Å². The zero-order valence-corrected chi connectivity index (χ0v) is 16.0. The topological polar surface area (TPSA) is 52.7 Å². The number of nitrogens with one attached hydrogen (secondary N) is 1. The summed E-state index contributed by atoms with van der Waals surface area (Å²) in [5, 5.41) is 2.87. The van der Waals surface area contributed by atoms with Crippen molar-refractivity contribution in [3.8, 4) is 0 Å². The van der Waals surface area contributed by atoms with E-state index < -0.39 is 0 Å². The Kier molecular flexibility index (Phi) is 6.92. The quantitative estimate of drug-likeness (QED) is 0.833. The summed E-state index contributed by atoms with van der Waals surface area (Å²) < 4.78 is 0. The lowest BCUT2D eigenvalue weighted by molar-refractivity contribution is 0.0951. The fourth-order valence-electron chi connectivity index (χ4n) is 2.68. The van der Waals surface area contributed by atoms with Crippen LogP contribution in [0.15, 0.2) is 48.5 Å². The molecule has 0 saturated heterocycles. The molecule has 0 saturated carbocycles. The molecule has 2 rings (SSSR count). The van der Waals surface area contributed by atoms with Crippen molar-refractivity contribution in [1.29, 1.82) is 0 Å². The van der Waals surface area contributed by atoms with Gasteiger partial charge < -0.3 is 15.1 Å². The summed E-state index contributed by atoms with van der Waals surface area (Å²) in [5.74, 6) is -0.277. The number of aryl methyl sites for hydroxylation is 1. The molecule has 0 aliphatic carbocycles. The number of nitrogens with zero attached hydrogens (tertiary/aromatic N) is 2. The summed E-state index contributed by atoms with van der Waals surface area (Å²) >= 11 is 0. The van der Waals surface area contributed by atoms with Crippen LogP contribution in [0.1, 0.15) is 33.2 Å². The maximum Gasteiger partial charge on any atom is 0.258 e. The predicted octanol–water partition coefficient (Wildman–Crippen LogP) is 2.95. The molecule has 0 radical (unpaired) electrons. The molecule has 138 valence electrons. The number of benzene rings is 2. The highest BCUT2D eigenvalue weighted by molar-refractivity contribution is 6.07. The van der Waals surface area contributed by atoms with Gasteiger partial charge in [-0.3, -0.25) is 9.59 Å². The number of carbonyl (C=O) groups is 2. The van der Waals surface area contributed by atoms with Crippen LogP contribution in [0.2, 0.25) is 0 Å². The molecular weight excluding hydrogens is 326 g/mol. The minimum Gasteiger partial charge on any atom is -0.351 e. The van der Waals surface area contributed by atoms with E-state index in [9.17, 15) is 9.59 Å². The average Bonchev–Trinajstić information content (AvgIpc) is 2.62. The summed E-state index contributed by atoms with van der Waals surface area (Å²) in [4.78, 5) is 29.0. The lowest BCUT2D eigenvalue weighted by Crippen LogP contribution is -2.32. The number of hydrogen-bond donors (Lipinski definition) is 1. The average molecular weight is 353 g/mol. The molecular formula is C21H27N3O2. The van der Waals surface area contributed by atoms with Gasteiger partial charge in [-0.15, -0.1) is 0 Å². The fourth-order valence-corrected chi connectivity index (χ4v) is 2.68. The van der Waals surface area contributed by atoms with E-state index in [1.165, 1.54) is 0 Å². The van der Waals surface area contributed by atoms with E-state index in [1.807, 2.05) is 57.1 Å². The van der Waals surface area contributed by atoms with Crippen molar-refractivity contribution >= 4 is 17.5 Å². The third-order valence-electron chi connectivity index (χ3n) is 4.09. The van der Waals surface area contributed by atoms with Crippen molar-refractivity contribution in [2.45, 2.75) is 13.8 Å². The highest BCUT2D eigenvalue weighted by Gasteiger charge is 2.17. The third kappa shape index (κ3) is 5.17. The van der Waals surface area contributed by atoms with Gasteiger partial charge >= 0.3 is 0 Å². The second kappa shape index (κ2) is 9.15. The first-order chi connectivity index (χ1) is 12.4. The van der Waals surface area contributed by atoms with Crippen LogP contribution >= 0.6 is 0 Å². The van der Waals surface area contributed by atoms with Gasteiger partial charge in [-0.1, -0.05) is 18.2 Å². The summed E-state index contributed by atoms with van der Waals surface area (Å²) in [5.41, 5.74) is 2.96. The normalized spacial score (nSPS) is 10.7. The van der Waals surface area contributed by atoms with Crippen molar-refractivity contribution in [3.05, 3.63) is 65.2 Å². The number of rotatable bonds is 7. The van der Waals surface area contributed by atoms with Crippen molar-refractivity contribution in [2.24, 2.45) is 0 Å². The molecule has 2 aromatic carbocycles. The Labute approximate surface area is 155 Å².